The smallest absolute Gasteiger partial charge is 0.309 e. The highest BCUT2D eigenvalue weighted by molar-refractivity contribution is 7.99. The Labute approximate surface area is 452 Å². The standard InChI is InChI=1S/C56H83N3O16S/c1-12-45(63)71-44-29-47(65)70-40(20-17-19-38-28-42(32-57-31-38)76-41-22-15-14-16-23-41)21-18-25-59(10)33-43(62)34(3)27-39(24-26-60)52(53(44)67-11)74-55-50(66)49(58(8)9)51(35(4)69-55)73-48-30-56(7,75-37(6)61)54(36(5)68-48)72-46(64)13-2/h14-17,19,22-23,26,28,31-32,34-36,39-40,43-44,48-55,62,66H,12-13,18,20-21,24-25,27,29-30,33H2,1-11H3/b19-17+/t34-,35?,36?,39+,40+,43+,44-,48+,49?,50?,51-,52+,53+,54+,55+,56?/m1/s1. The fraction of sp³-hybridized carbons (Fsp3) is 0.679. The van der Waals surface area contributed by atoms with Crippen LogP contribution in [0.1, 0.15) is 112 Å². The second-order valence-corrected chi connectivity index (χ2v) is 21.9. The summed E-state index contributed by atoms with van der Waals surface area (Å²) in [7, 11) is 6.80. The van der Waals surface area contributed by atoms with E-state index in [0.717, 1.165) is 21.6 Å². The van der Waals surface area contributed by atoms with Gasteiger partial charge in [0, 0.05) is 74.9 Å². The van der Waals surface area contributed by atoms with Crippen LogP contribution < -0.4 is 0 Å². The lowest BCUT2D eigenvalue weighted by atomic mass is 9.82. The maximum absolute atomic E-state index is 14.3. The summed E-state index contributed by atoms with van der Waals surface area (Å²) in [6.45, 7) is 12.4. The van der Waals surface area contributed by atoms with E-state index in [1.165, 1.54) is 14.0 Å². The lowest BCUT2D eigenvalue weighted by Gasteiger charge is -2.50. The predicted molar refractivity (Wildman–Crippen MR) is 281 cm³/mol. The van der Waals surface area contributed by atoms with E-state index in [1.807, 2.05) is 67.4 Å². The molecule has 0 bridgehead atoms. The first-order valence-electron chi connectivity index (χ1n) is 26.6. The number of methoxy groups -OCH3 is 1. The minimum absolute atomic E-state index is 0.0262. The molecule has 4 heterocycles. The van der Waals surface area contributed by atoms with Gasteiger partial charge in [0.1, 0.15) is 36.8 Å². The number of ether oxygens (including phenoxy) is 9. The number of cyclic esters (lactones) is 1. The molecular weight excluding hydrogens is 1000 g/mol. The van der Waals surface area contributed by atoms with Gasteiger partial charge in [0.15, 0.2) is 24.3 Å². The molecule has 0 radical (unpaired) electrons. The van der Waals surface area contributed by atoms with Gasteiger partial charge in [-0.25, -0.2) is 0 Å². The van der Waals surface area contributed by atoms with Gasteiger partial charge in [-0.2, -0.15) is 0 Å². The number of pyridine rings is 1. The number of rotatable bonds is 18. The third kappa shape index (κ3) is 18.1. The van der Waals surface area contributed by atoms with Crippen molar-refractivity contribution in [2.45, 2.75) is 201 Å². The van der Waals surface area contributed by atoms with E-state index >= 15 is 0 Å². The number of nitrogens with zero attached hydrogens (tertiary/aromatic N) is 3. The van der Waals surface area contributed by atoms with Crippen LogP contribution in [-0.4, -0.2) is 182 Å². The molecule has 20 heteroatoms. The van der Waals surface area contributed by atoms with Gasteiger partial charge in [0.25, 0.3) is 0 Å². The molecule has 0 saturated carbocycles. The molecule has 19 nitrogen and oxygen atoms in total. The zero-order valence-electron chi connectivity index (χ0n) is 46.1. The quantitative estimate of drug-likeness (QED) is 0.0965. The second kappa shape index (κ2) is 30.1. The number of hydrogen-bond acceptors (Lipinski definition) is 20. The lowest BCUT2D eigenvalue weighted by molar-refractivity contribution is -0.344. The first kappa shape index (κ1) is 62.5. The minimum atomic E-state index is -1.45. The van der Waals surface area contributed by atoms with Gasteiger partial charge < -0.3 is 67.4 Å². The lowest BCUT2D eigenvalue weighted by Crippen LogP contribution is -2.66. The first-order chi connectivity index (χ1) is 36.2. The number of esters is 4. The number of aliphatic hydroxyl groups is 2. The maximum atomic E-state index is 14.3. The van der Waals surface area contributed by atoms with Crippen LogP contribution in [0.15, 0.2) is 64.7 Å². The number of carbonyl (C=O) groups excluding carboxylic acids is 5. The number of likely N-dealkylation sites (N-methyl/N-ethyl adjacent to an activating group) is 2. The summed E-state index contributed by atoms with van der Waals surface area (Å²) in [5.41, 5.74) is -0.462. The van der Waals surface area contributed by atoms with Crippen LogP contribution in [0.25, 0.3) is 6.08 Å². The van der Waals surface area contributed by atoms with Crippen LogP contribution in [0.2, 0.25) is 0 Å². The van der Waals surface area contributed by atoms with Gasteiger partial charge in [-0.3, -0.25) is 24.2 Å². The molecule has 3 aliphatic heterocycles. The Bertz CT molecular complexity index is 2190. The molecule has 3 fully saturated rings. The first-order valence-corrected chi connectivity index (χ1v) is 27.4. The number of aliphatic hydroxyl groups excluding tert-OH is 2. The van der Waals surface area contributed by atoms with Crippen molar-refractivity contribution in [1.82, 2.24) is 14.8 Å². The summed E-state index contributed by atoms with van der Waals surface area (Å²) in [4.78, 5) is 75.4. The fourth-order valence-corrected chi connectivity index (χ4v) is 11.3. The van der Waals surface area contributed by atoms with Crippen molar-refractivity contribution in [3.63, 3.8) is 0 Å². The van der Waals surface area contributed by atoms with Crippen LogP contribution in [0.3, 0.4) is 0 Å². The Morgan fingerprint density at radius 1 is 0.947 bits per heavy atom. The van der Waals surface area contributed by atoms with Crippen molar-refractivity contribution in [3.8, 4) is 0 Å². The van der Waals surface area contributed by atoms with Crippen molar-refractivity contribution in [2.24, 2.45) is 11.8 Å². The molecule has 3 aliphatic rings. The summed E-state index contributed by atoms with van der Waals surface area (Å²) in [6, 6.07) is 11.2. The van der Waals surface area contributed by atoms with E-state index in [0.29, 0.717) is 32.4 Å². The zero-order chi connectivity index (χ0) is 55.7. The summed E-state index contributed by atoms with van der Waals surface area (Å²) >= 11 is 1.60. The van der Waals surface area contributed by atoms with Crippen LogP contribution in [0.4, 0.5) is 0 Å². The number of β-amino-alcohol motifs (C(OH)–C–C–N with tert-alkyl or cyclic N) is 1. The Kier molecular flexibility index (Phi) is 24.8. The highest BCUT2D eigenvalue weighted by Gasteiger charge is 2.54. The van der Waals surface area contributed by atoms with Crippen molar-refractivity contribution in [3.05, 3.63) is 60.4 Å². The SMILES string of the molecule is CCC(=O)O[C@@H]1CC(=O)O[C@@H](C/C=C/c2cncc(Sc3ccccc3)c2)CCCN(C)C[C@H](O)[C@H](C)C[C@H](CC=O)[C@H](O[C@@H]2OC(C)[C@@H](O[C@H]3CC(C)(OC(C)=O)[C@@H](OC(=O)CC)C(C)O3)C(N(C)C)C2O)[C@H]1OC. The van der Waals surface area contributed by atoms with Gasteiger partial charge in [0.2, 0.25) is 0 Å². The summed E-state index contributed by atoms with van der Waals surface area (Å²) in [5.74, 6) is -3.48. The zero-order valence-corrected chi connectivity index (χ0v) is 47.0. The Balaban J connectivity index is 1.44. The van der Waals surface area contributed by atoms with Gasteiger partial charge in [-0.1, -0.05) is 62.9 Å². The molecule has 0 spiro atoms. The Hall–Kier alpha value is -4.35. The van der Waals surface area contributed by atoms with E-state index in [-0.39, 0.29) is 32.1 Å². The van der Waals surface area contributed by atoms with Crippen molar-refractivity contribution >= 4 is 48.0 Å². The van der Waals surface area contributed by atoms with E-state index in [4.69, 9.17) is 42.6 Å². The molecule has 2 aromatic rings. The molecule has 424 valence electrons. The highest BCUT2D eigenvalue weighted by Crippen LogP contribution is 2.39. The largest absolute Gasteiger partial charge is 0.462 e. The number of benzene rings is 1. The summed E-state index contributed by atoms with van der Waals surface area (Å²) in [6.07, 6.45) is -3.00. The van der Waals surface area contributed by atoms with Crippen LogP contribution in [0, 0.1) is 11.8 Å². The van der Waals surface area contributed by atoms with E-state index in [1.54, 1.807) is 77.8 Å². The minimum Gasteiger partial charge on any atom is -0.462 e. The van der Waals surface area contributed by atoms with Crippen molar-refractivity contribution in [1.29, 1.82) is 0 Å². The van der Waals surface area contributed by atoms with Crippen LogP contribution >= 0.6 is 11.8 Å². The topological polar surface area (TPSA) is 228 Å². The third-order valence-corrected chi connectivity index (χ3v) is 15.2. The van der Waals surface area contributed by atoms with E-state index < -0.39 is 127 Å². The molecule has 76 heavy (non-hydrogen) atoms. The number of carbonyl (C=O) groups is 5. The molecule has 5 unspecified atom stereocenters. The van der Waals surface area contributed by atoms with Gasteiger partial charge in [-0.15, -0.1) is 0 Å². The number of aldehydes is 1. The van der Waals surface area contributed by atoms with Gasteiger partial charge >= 0.3 is 23.9 Å². The molecular formula is C56H83N3O16S. The average Bonchev–Trinajstić information content (AvgIpc) is 3.36. The molecule has 2 N–H and O–H groups in total. The maximum Gasteiger partial charge on any atom is 0.309 e. The molecule has 1 aromatic carbocycles. The van der Waals surface area contributed by atoms with E-state index in [9.17, 15) is 34.2 Å². The number of aromatic nitrogens is 1. The molecule has 5 rings (SSSR count). The predicted octanol–water partition coefficient (Wildman–Crippen LogP) is 6.18. The normalized spacial score (nSPS) is 33.6. The van der Waals surface area contributed by atoms with Crippen LogP contribution in [0.5, 0.6) is 0 Å². The van der Waals surface area contributed by atoms with Gasteiger partial charge in [0.05, 0.1) is 36.9 Å². The average molecular weight is 1090 g/mol. The van der Waals surface area contributed by atoms with Gasteiger partial charge in [-0.05, 0) is 103 Å². The summed E-state index contributed by atoms with van der Waals surface area (Å²) < 4.78 is 56.2. The molecule has 3 saturated heterocycles. The number of hydrogen-bond donors (Lipinski definition) is 2. The third-order valence-electron chi connectivity index (χ3n) is 14.2. The molecule has 1 aromatic heterocycles. The van der Waals surface area contributed by atoms with Crippen molar-refractivity contribution < 1.29 is 76.8 Å². The Morgan fingerprint density at radius 3 is 2.32 bits per heavy atom. The molecule has 0 aliphatic carbocycles. The fourth-order valence-electron chi connectivity index (χ4n) is 10.4. The summed E-state index contributed by atoms with van der Waals surface area (Å²) in [5, 5.41) is 24.1. The molecule has 0 amide bonds. The monoisotopic (exact) mass is 1090 g/mol. The highest BCUT2D eigenvalue weighted by atomic mass is 32.2. The van der Waals surface area contributed by atoms with Crippen molar-refractivity contribution in [2.75, 3.05) is 41.3 Å². The van der Waals surface area contributed by atoms with Crippen LogP contribution in [-0.2, 0) is 66.6 Å². The van der Waals surface area contributed by atoms with E-state index in [2.05, 4.69) is 4.98 Å². The Morgan fingerprint density at radius 2 is 1.66 bits per heavy atom. The second-order valence-electron chi connectivity index (χ2n) is 20.8. The molecule has 16 atom stereocenters.